The van der Waals surface area contributed by atoms with Crippen LogP contribution in [0.15, 0.2) is 36.4 Å². The summed E-state index contributed by atoms with van der Waals surface area (Å²) < 4.78 is 10.3. The van der Waals surface area contributed by atoms with Gasteiger partial charge in [-0.25, -0.2) is 0 Å². The molecule has 0 saturated carbocycles. The summed E-state index contributed by atoms with van der Waals surface area (Å²) in [4.78, 5) is 26.2. The molecule has 0 aromatic heterocycles. The summed E-state index contributed by atoms with van der Waals surface area (Å²) in [6.07, 6.45) is 0. The van der Waals surface area contributed by atoms with Crippen LogP contribution in [0.5, 0.6) is 11.5 Å². The number of rotatable bonds is 5. The van der Waals surface area contributed by atoms with Gasteiger partial charge in [-0.2, -0.15) is 0 Å². The number of carbonyl (C=O) groups is 2. The second kappa shape index (κ2) is 8.44. The highest BCUT2D eigenvalue weighted by atomic mass is 35.5. The zero-order valence-electron chi connectivity index (χ0n) is 14.9. The minimum atomic E-state index is -0.843. The minimum Gasteiger partial charge on any atom is -0.495 e. The number of nitrogens with zero attached hydrogens (tertiary/aromatic N) is 1. The van der Waals surface area contributed by atoms with E-state index in [1.807, 2.05) is 31.1 Å². The summed E-state index contributed by atoms with van der Waals surface area (Å²) in [7, 11) is 6.70. The second-order valence-corrected chi connectivity index (χ2v) is 5.94. The van der Waals surface area contributed by atoms with Gasteiger partial charge in [0, 0.05) is 37.6 Å². The number of methoxy groups -OCH3 is 2. The first-order valence-electron chi connectivity index (χ1n) is 7.67. The predicted octanol–water partition coefficient (Wildman–Crippen LogP) is 3.00. The molecule has 0 aliphatic heterocycles. The molecule has 2 aromatic rings. The van der Waals surface area contributed by atoms with Crippen molar-refractivity contribution >= 4 is 40.5 Å². The summed E-state index contributed by atoms with van der Waals surface area (Å²) in [5.41, 5.74) is 1.76. The average molecular weight is 378 g/mol. The third-order valence-electron chi connectivity index (χ3n) is 3.57. The van der Waals surface area contributed by atoms with E-state index >= 15 is 0 Å². The van der Waals surface area contributed by atoms with Crippen molar-refractivity contribution in [2.45, 2.75) is 0 Å². The van der Waals surface area contributed by atoms with Crippen LogP contribution in [0.3, 0.4) is 0 Å². The molecule has 26 heavy (non-hydrogen) atoms. The van der Waals surface area contributed by atoms with Crippen molar-refractivity contribution in [1.29, 1.82) is 0 Å². The fourth-order valence-electron chi connectivity index (χ4n) is 2.17. The van der Waals surface area contributed by atoms with Gasteiger partial charge in [-0.3, -0.25) is 9.59 Å². The second-order valence-electron chi connectivity index (χ2n) is 5.54. The lowest BCUT2D eigenvalue weighted by Crippen LogP contribution is -2.29. The molecule has 0 fully saturated rings. The SMILES string of the molecule is COc1cc(NC(=O)C(=O)Nc2ccc(N(C)C)cc2)c(OC)cc1Cl. The smallest absolute Gasteiger partial charge is 0.314 e. The summed E-state index contributed by atoms with van der Waals surface area (Å²) >= 11 is 6.02. The van der Waals surface area contributed by atoms with Crippen molar-refractivity contribution in [3.63, 3.8) is 0 Å². The molecule has 0 radical (unpaired) electrons. The highest BCUT2D eigenvalue weighted by molar-refractivity contribution is 6.44. The Hall–Kier alpha value is -2.93. The molecule has 0 bridgehead atoms. The minimum absolute atomic E-state index is 0.275. The fourth-order valence-corrected chi connectivity index (χ4v) is 2.40. The molecular weight excluding hydrogens is 358 g/mol. The number of anilines is 3. The van der Waals surface area contributed by atoms with Gasteiger partial charge >= 0.3 is 11.8 Å². The van der Waals surface area contributed by atoms with Crippen LogP contribution in [0.2, 0.25) is 5.02 Å². The molecule has 0 aliphatic carbocycles. The van der Waals surface area contributed by atoms with Gasteiger partial charge in [-0.05, 0) is 24.3 Å². The van der Waals surface area contributed by atoms with Gasteiger partial charge in [-0.1, -0.05) is 11.6 Å². The first-order valence-corrected chi connectivity index (χ1v) is 8.04. The number of nitrogens with one attached hydrogen (secondary N) is 2. The molecule has 0 atom stereocenters. The van der Waals surface area contributed by atoms with Crippen molar-refractivity contribution in [3.8, 4) is 11.5 Å². The van der Waals surface area contributed by atoms with Crippen molar-refractivity contribution in [2.24, 2.45) is 0 Å². The number of hydrogen-bond acceptors (Lipinski definition) is 5. The summed E-state index contributed by atoms with van der Waals surface area (Å²) in [6, 6.07) is 10.1. The molecule has 0 unspecified atom stereocenters. The quantitative estimate of drug-likeness (QED) is 0.783. The Balaban J connectivity index is 2.10. The third-order valence-corrected chi connectivity index (χ3v) is 3.87. The van der Waals surface area contributed by atoms with Crippen molar-refractivity contribution in [3.05, 3.63) is 41.4 Å². The average Bonchev–Trinajstić information content (AvgIpc) is 2.63. The maximum atomic E-state index is 12.2. The predicted molar refractivity (Wildman–Crippen MR) is 103 cm³/mol. The van der Waals surface area contributed by atoms with Gasteiger partial charge in [0.2, 0.25) is 0 Å². The zero-order valence-corrected chi connectivity index (χ0v) is 15.7. The van der Waals surface area contributed by atoms with Gasteiger partial charge in [0.1, 0.15) is 11.5 Å². The standard InChI is InChI=1S/C18H20ClN3O4/c1-22(2)12-7-5-11(6-8-12)20-17(23)18(24)21-14-10-15(25-3)13(19)9-16(14)26-4/h5-10H,1-4H3,(H,20,23)(H,21,24). The molecule has 2 amide bonds. The number of ether oxygens (including phenoxy) is 2. The molecule has 2 aromatic carbocycles. The van der Waals surface area contributed by atoms with Crippen molar-refractivity contribution in [1.82, 2.24) is 0 Å². The Morgan fingerprint density at radius 3 is 2.04 bits per heavy atom. The van der Waals surface area contributed by atoms with Crippen LogP contribution >= 0.6 is 11.6 Å². The van der Waals surface area contributed by atoms with Crippen LogP contribution in [-0.4, -0.2) is 40.1 Å². The van der Waals surface area contributed by atoms with Crippen LogP contribution in [0.1, 0.15) is 0 Å². The van der Waals surface area contributed by atoms with E-state index < -0.39 is 11.8 Å². The highest BCUT2D eigenvalue weighted by Crippen LogP contribution is 2.35. The van der Waals surface area contributed by atoms with Gasteiger partial charge in [0.25, 0.3) is 0 Å². The van der Waals surface area contributed by atoms with E-state index in [0.29, 0.717) is 22.2 Å². The lowest BCUT2D eigenvalue weighted by atomic mass is 10.2. The molecular formula is C18H20ClN3O4. The molecule has 138 valence electrons. The van der Waals surface area contributed by atoms with Gasteiger partial charge < -0.3 is 25.0 Å². The van der Waals surface area contributed by atoms with E-state index in [0.717, 1.165) is 5.69 Å². The maximum Gasteiger partial charge on any atom is 0.314 e. The number of halogens is 1. The highest BCUT2D eigenvalue weighted by Gasteiger charge is 2.18. The van der Waals surface area contributed by atoms with E-state index in [9.17, 15) is 9.59 Å². The first-order chi connectivity index (χ1) is 12.3. The molecule has 7 nitrogen and oxygen atoms in total. The zero-order chi connectivity index (χ0) is 19.3. The fraction of sp³-hybridized carbons (Fsp3) is 0.222. The Bertz CT molecular complexity index is 807. The Morgan fingerprint density at radius 1 is 0.923 bits per heavy atom. The first kappa shape index (κ1) is 19.4. The van der Waals surface area contributed by atoms with Crippen LogP contribution < -0.4 is 25.0 Å². The molecule has 2 rings (SSSR count). The van der Waals surface area contributed by atoms with Crippen molar-refractivity contribution in [2.75, 3.05) is 43.8 Å². The summed E-state index contributed by atoms with van der Waals surface area (Å²) in [5, 5.41) is 5.35. The summed E-state index contributed by atoms with van der Waals surface area (Å²) in [5.74, 6) is -0.988. The lowest BCUT2D eigenvalue weighted by molar-refractivity contribution is -0.133. The topological polar surface area (TPSA) is 79.9 Å². The van der Waals surface area contributed by atoms with E-state index in [4.69, 9.17) is 21.1 Å². The van der Waals surface area contributed by atoms with Crippen LogP contribution in [0.25, 0.3) is 0 Å². The van der Waals surface area contributed by atoms with E-state index in [-0.39, 0.29) is 5.69 Å². The lowest BCUT2D eigenvalue weighted by Gasteiger charge is -2.14. The molecule has 0 saturated heterocycles. The maximum absolute atomic E-state index is 12.2. The van der Waals surface area contributed by atoms with E-state index in [1.165, 1.54) is 26.4 Å². The third kappa shape index (κ3) is 4.58. The largest absolute Gasteiger partial charge is 0.495 e. The molecule has 8 heteroatoms. The molecule has 0 spiro atoms. The molecule has 0 aliphatic rings. The van der Waals surface area contributed by atoms with Gasteiger partial charge in [0.15, 0.2) is 0 Å². The van der Waals surface area contributed by atoms with Gasteiger partial charge in [-0.15, -0.1) is 0 Å². The normalized spacial score (nSPS) is 10.0. The monoisotopic (exact) mass is 377 g/mol. The number of benzene rings is 2. The Labute approximate surface area is 156 Å². The Kier molecular flexibility index (Phi) is 6.30. The summed E-state index contributed by atoms with van der Waals surface area (Å²) in [6.45, 7) is 0. The number of hydrogen-bond donors (Lipinski definition) is 2. The van der Waals surface area contributed by atoms with Crippen molar-refractivity contribution < 1.29 is 19.1 Å². The van der Waals surface area contributed by atoms with E-state index in [1.54, 1.807) is 12.1 Å². The number of carbonyl (C=O) groups excluding carboxylic acids is 2. The molecule has 2 N–H and O–H groups in total. The van der Waals surface area contributed by atoms with Crippen LogP contribution in [-0.2, 0) is 9.59 Å². The number of amides is 2. The van der Waals surface area contributed by atoms with Gasteiger partial charge in [0.05, 0.1) is 24.9 Å². The van der Waals surface area contributed by atoms with Crippen LogP contribution in [0.4, 0.5) is 17.1 Å². The molecule has 0 heterocycles. The van der Waals surface area contributed by atoms with Crippen LogP contribution in [0, 0.1) is 0 Å². The Morgan fingerprint density at radius 2 is 1.50 bits per heavy atom. The van der Waals surface area contributed by atoms with E-state index in [2.05, 4.69) is 10.6 Å².